The molecule has 0 aromatic heterocycles. The molecule has 0 atom stereocenters. The molecule has 0 bridgehead atoms. The van der Waals surface area contributed by atoms with Gasteiger partial charge in [0.25, 0.3) is 0 Å². The first-order valence-electron chi connectivity index (χ1n) is 6.33. The number of allylic oxidation sites excluding steroid dienone is 3. The van der Waals surface area contributed by atoms with Gasteiger partial charge < -0.3 is 9.47 Å². The second-order valence-corrected chi connectivity index (χ2v) is 5.32. The lowest BCUT2D eigenvalue weighted by Crippen LogP contribution is -2.32. The van der Waals surface area contributed by atoms with Gasteiger partial charge in [-0.2, -0.15) is 0 Å². The molecule has 102 valence electrons. The molecule has 1 aliphatic heterocycles. The molecule has 0 spiro atoms. The Bertz CT molecular complexity index is 692. The molecular weight excluding hydrogens is 256 g/mol. The Morgan fingerprint density at radius 2 is 1.90 bits per heavy atom. The second kappa shape index (κ2) is 4.07. The molecule has 2 aliphatic rings. The van der Waals surface area contributed by atoms with Crippen LogP contribution in [0.25, 0.3) is 0 Å². The Labute approximate surface area is 116 Å². The van der Waals surface area contributed by atoms with E-state index in [9.17, 15) is 9.59 Å². The number of methoxy groups -OCH3 is 1. The third kappa shape index (κ3) is 1.68. The van der Waals surface area contributed by atoms with E-state index in [2.05, 4.69) is 0 Å². The zero-order chi connectivity index (χ0) is 14.5. The molecular formula is C16H14O4. The number of benzene rings is 1. The Morgan fingerprint density at radius 3 is 2.60 bits per heavy atom. The van der Waals surface area contributed by atoms with Crippen molar-refractivity contribution in [3.8, 4) is 5.75 Å². The molecule has 0 amide bonds. The lowest BCUT2D eigenvalue weighted by Gasteiger charge is -2.31. The van der Waals surface area contributed by atoms with Crippen molar-refractivity contribution in [3.63, 3.8) is 0 Å². The van der Waals surface area contributed by atoms with Crippen molar-refractivity contribution in [1.82, 2.24) is 0 Å². The molecule has 4 nitrogen and oxygen atoms in total. The maximum atomic E-state index is 12.6. The summed E-state index contributed by atoms with van der Waals surface area (Å²) in [6.45, 7) is 3.67. The topological polar surface area (TPSA) is 52.6 Å². The van der Waals surface area contributed by atoms with Gasteiger partial charge in [-0.05, 0) is 32.1 Å². The van der Waals surface area contributed by atoms with Gasteiger partial charge in [0.2, 0.25) is 5.78 Å². The molecule has 0 saturated carbocycles. The van der Waals surface area contributed by atoms with Gasteiger partial charge in [0, 0.05) is 5.56 Å². The zero-order valence-electron chi connectivity index (χ0n) is 11.5. The highest BCUT2D eigenvalue weighted by atomic mass is 16.5. The first-order valence-corrected chi connectivity index (χ1v) is 6.33. The quantitative estimate of drug-likeness (QED) is 0.787. The molecule has 0 fully saturated rings. The predicted molar refractivity (Wildman–Crippen MR) is 73.0 cm³/mol. The molecule has 1 aromatic rings. The molecule has 0 N–H and O–H groups in total. The Morgan fingerprint density at radius 1 is 1.15 bits per heavy atom. The van der Waals surface area contributed by atoms with E-state index in [-0.39, 0.29) is 22.9 Å². The summed E-state index contributed by atoms with van der Waals surface area (Å²) in [4.78, 5) is 25.1. The SMILES string of the molecule is COc1cccc2c1C(=O)C1=C(C=CC(C)(C)O1)C2=O. The minimum Gasteiger partial charge on any atom is -0.496 e. The fraction of sp³-hybridized carbons (Fsp3) is 0.250. The van der Waals surface area contributed by atoms with Crippen LogP contribution in [-0.2, 0) is 4.74 Å². The number of fused-ring (bicyclic) bond motifs is 1. The highest BCUT2D eigenvalue weighted by Crippen LogP contribution is 2.37. The van der Waals surface area contributed by atoms with Crippen molar-refractivity contribution < 1.29 is 19.1 Å². The van der Waals surface area contributed by atoms with Crippen LogP contribution < -0.4 is 4.74 Å². The maximum Gasteiger partial charge on any atom is 0.232 e. The smallest absolute Gasteiger partial charge is 0.232 e. The summed E-state index contributed by atoms with van der Waals surface area (Å²) in [6, 6.07) is 5.00. The van der Waals surface area contributed by atoms with Crippen molar-refractivity contribution in [1.29, 1.82) is 0 Å². The van der Waals surface area contributed by atoms with E-state index in [1.165, 1.54) is 7.11 Å². The van der Waals surface area contributed by atoms with E-state index in [1.54, 1.807) is 30.4 Å². The second-order valence-electron chi connectivity index (χ2n) is 5.32. The molecule has 1 aliphatic carbocycles. The zero-order valence-corrected chi connectivity index (χ0v) is 11.5. The molecule has 1 aromatic carbocycles. The Balaban J connectivity index is 2.22. The summed E-state index contributed by atoms with van der Waals surface area (Å²) >= 11 is 0. The van der Waals surface area contributed by atoms with Crippen LogP contribution in [0.1, 0.15) is 34.6 Å². The van der Waals surface area contributed by atoms with Gasteiger partial charge in [-0.3, -0.25) is 9.59 Å². The minimum atomic E-state index is -0.603. The van der Waals surface area contributed by atoms with Crippen LogP contribution in [0.5, 0.6) is 5.75 Å². The maximum absolute atomic E-state index is 12.6. The van der Waals surface area contributed by atoms with E-state index < -0.39 is 5.60 Å². The molecule has 0 saturated heterocycles. The predicted octanol–water partition coefficient (Wildman–Crippen LogP) is 2.69. The van der Waals surface area contributed by atoms with Gasteiger partial charge in [-0.15, -0.1) is 0 Å². The normalized spacial score (nSPS) is 19.4. The summed E-state index contributed by atoms with van der Waals surface area (Å²) < 4.78 is 10.9. The third-order valence-electron chi connectivity index (χ3n) is 3.43. The van der Waals surface area contributed by atoms with Crippen LogP contribution >= 0.6 is 0 Å². The largest absolute Gasteiger partial charge is 0.496 e. The third-order valence-corrected chi connectivity index (χ3v) is 3.43. The van der Waals surface area contributed by atoms with Crippen LogP contribution in [0.3, 0.4) is 0 Å². The van der Waals surface area contributed by atoms with Crippen LogP contribution in [0, 0.1) is 0 Å². The average molecular weight is 270 g/mol. The van der Waals surface area contributed by atoms with Gasteiger partial charge in [0.15, 0.2) is 11.5 Å². The number of rotatable bonds is 1. The number of ketones is 2. The van der Waals surface area contributed by atoms with Crippen LogP contribution in [0.15, 0.2) is 41.7 Å². The van der Waals surface area contributed by atoms with Crippen LogP contribution in [-0.4, -0.2) is 24.3 Å². The van der Waals surface area contributed by atoms with Crippen molar-refractivity contribution in [2.75, 3.05) is 7.11 Å². The van der Waals surface area contributed by atoms with Gasteiger partial charge in [0.1, 0.15) is 11.4 Å². The molecule has 4 heteroatoms. The van der Waals surface area contributed by atoms with Crippen molar-refractivity contribution in [2.24, 2.45) is 0 Å². The summed E-state index contributed by atoms with van der Waals surface area (Å²) in [6.07, 6.45) is 3.45. The van der Waals surface area contributed by atoms with E-state index in [4.69, 9.17) is 9.47 Å². The minimum absolute atomic E-state index is 0.111. The Kier molecular flexibility index (Phi) is 2.57. The van der Waals surface area contributed by atoms with Crippen molar-refractivity contribution >= 4 is 11.6 Å². The van der Waals surface area contributed by atoms with Gasteiger partial charge >= 0.3 is 0 Å². The number of carbonyl (C=O) groups excluding carboxylic acids is 2. The van der Waals surface area contributed by atoms with Crippen molar-refractivity contribution in [2.45, 2.75) is 19.4 Å². The molecule has 0 unspecified atom stereocenters. The standard InChI is InChI=1S/C16H14O4/c1-16(2)8-7-10-13(17)9-5-4-6-11(19-3)12(9)14(18)15(10)20-16/h4-8H,1-3H3. The average Bonchev–Trinajstić information content (AvgIpc) is 2.43. The fourth-order valence-corrected chi connectivity index (χ4v) is 2.44. The summed E-state index contributed by atoms with van der Waals surface area (Å²) in [5, 5.41) is 0. The molecule has 3 rings (SSSR count). The first-order chi connectivity index (χ1) is 9.44. The van der Waals surface area contributed by atoms with Gasteiger partial charge in [0.05, 0.1) is 18.2 Å². The number of carbonyl (C=O) groups is 2. The lowest BCUT2D eigenvalue weighted by atomic mass is 9.85. The monoisotopic (exact) mass is 270 g/mol. The number of ether oxygens (including phenoxy) is 2. The number of hydrogen-bond donors (Lipinski definition) is 0. The number of Topliss-reactive ketones (excluding diaryl/α,β-unsaturated/α-hetero) is 2. The van der Waals surface area contributed by atoms with E-state index in [0.29, 0.717) is 16.9 Å². The summed E-state index contributed by atoms with van der Waals surface area (Å²) in [5.41, 5.74) is 0.356. The van der Waals surface area contributed by atoms with E-state index in [0.717, 1.165) is 0 Å². The summed E-state index contributed by atoms with van der Waals surface area (Å²) in [5.74, 6) is -0.00687. The van der Waals surface area contributed by atoms with Crippen molar-refractivity contribution in [3.05, 3.63) is 52.8 Å². The first kappa shape index (κ1) is 12.7. The summed E-state index contributed by atoms with van der Waals surface area (Å²) in [7, 11) is 1.48. The highest BCUT2D eigenvalue weighted by Gasteiger charge is 2.39. The lowest BCUT2D eigenvalue weighted by molar-refractivity contribution is 0.0542. The highest BCUT2D eigenvalue weighted by molar-refractivity contribution is 6.28. The molecule has 0 radical (unpaired) electrons. The Hall–Kier alpha value is -2.36. The van der Waals surface area contributed by atoms with Crippen LogP contribution in [0.2, 0.25) is 0 Å². The van der Waals surface area contributed by atoms with E-state index in [1.807, 2.05) is 13.8 Å². The fourth-order valence-electron chi connectivity index (χ4n) is 2.44. The van der Waals surface area contributed by atoms with Gasteiger partial charge in [-0.1, -0.05) is 12.1 Å². The number of hydrogen-bond acceptors (Lipinski definition) is 4. The van der Waals surface area contributed by atoms with Gasteiger partial charge in [-0.25, -0.2) is 0 Å². The van der Waals surface area contributed by atoms with Crippen LogP contribution in [0.4, 0.5) is 0 Å². The molecule has 1 heterocycles. The molecule has 20 heavy (non-hydrogen) atoms. The van der Waals surface area contributed by atoms with E-state index >= 15 is 0 Å².